The van der Waals surface area contributed by atoms with Gasteiger partial charge in [0.05, 0.1) is 12.9 Å². The largest absolute Gasteiger partial charge is 0.467 e. The molecule has 0 atom stereocenters. The Morgan fingerprint density at radius 3 is 3.08 bits per heavy atom. The van der Waals surface area contributed by atoms with Gasteiger partial charge in [0.15, 0.2) is 0 Å². The van der Waals surface area contributed by atoms with E-state index in [9.17, 15) is 0 Å². The standard InChI is InChI=1S/C10H12O2/c1-2-10(12-6-1)8-11-7-5-9-3-4-9/h1-2,5-6H,3-4,7-8H2. The van der Waals surface area contributed by atoms with Gasteiger partial charge in [-0.25, -0.2) is 0 Å². The van der Waals surface area contributed by atoms with Crippen molar-refractivity contribution in [3.63, 3.8) is 0 Å². The number of allylic oxidation sites excluding steroid dienone is 1. The molecule has 0 N–H and O–H groups in total. The second kappa shape index (κ2) is 3.59. The molecule has 1 aromatic heterocycles. The van der Waals surface area contributed by atoms with Crippen LogP contribution in [0.2, 0.25) is 0 Å². The van der Waals surface area contributed by atoms with Crippen molar-refractivity contribution in [2.45, 2.75) is 19.4 Å². The molecule has 2 nitrogen and oxygen atoms in total. The third-order valence-electron chi connectivity index (χ3n) is 1.85. The fourth-order valence-electron chi connectivity index (χ4n) is 1.01. The summed E-state index contributed by atoms with van der Waals surface area (Å²) in [5.41, 5.74) is 1.52. The van der Waals surface area contributed by atoms with Crippen LogP contribution in [0.3, 0.4) is 0 Å². The van der Waals surface area contributed by atoms with Crippen LogP contribution in [0, 0.1) is 0 Å². The summed E-state index contributed by atoms with van der Waals surface area (Å²) >= 11 is 0. The van der Waals surface area contributed by atoms with E-state index in [0.717, 1.165) is 12.4 Å². The maximum absolute atomic E-state index is 5.36. The molecule has 0 aromatic carbocycles. The van der Waals surface area contributed by atoms with Crippen molar-refractivity contribution in [2.24, 2.45) is 0 Å². The molecule has 1 fully saturated rings. The first kappa shape index (κ1) is 7.62. The molecule has 0 amide bonds. The highest BCUT2D eigenvalue weighted by Crippen LogP contribution is 2.26. The molecule has 1 aliphatic rings. The molecular formula is C10H12O2. The number of rotatable bonds is 4. The van der Waals surface area contributed by atoms with Crippen molar-refractivity contribution < 1.29 is 9.15 Å². The van der Waals surface area contributed by atoms with Gasteiger partial charge in [0.25, 0.3) is 0 Å². The van der Waals surface area contributed by atoms with Gasteiger partial charge < -0.3 is 9.15 Å². The molecule has 0 saturated heterocycles. The molecule has 0 aliphatic heterocycles. The molecule has 1 aliphatic carbocycles. The molecule has 0 unspecified atom stereocenters. The third-order valence-corrected chi connectivity index (χ3v) is 1.85. The van der Waals surface area contributed by atoms with Gasteiger partial charge in [0.1, 0.15) is 12.4 Å². The van der Waals surface area contributed by atoms with Crippen molar-refractivity contribution >= 4 is 0 Å². The molecule has 12 heavy (non-hydrogen) atoms. The summed E-state index contributed by atoms with van der Waals surface area (Å²) in [6, 6.07) is 3.79. The van der Waals surface area contributed by atoms with Crippen LogP contribution in [0.15, 0.2) is 34.5 Å². The van der Waals surface area contributed by atoms with E-state index in [1.165, 1.54) is 18.4 Å². The van der Waals surface area contributed by atoms with E-state index in [-0.39, 0.29) is 0 Å². The summed E-state index contributed by atoms with van der Waals surface area (Å²) < 4.78 is 10.5. The predicted octanol–water partition coefficient (Wildman–Crippen LogP) is 2.52. The van der Waals surface area contributed by atoms with E-state index in [4.69, 9.17) is 9.15 Å². The van der Waals surface area contributed by atoms with Gasteiger partial charge in [-0.1, -0.05) is 11.6 Å². The Labute approximate surface area is 71.8 Å². The molecular weight excluding hydrogens is 152 g/mol. The van der Waals surface area contributed by atoms with E-state index in [0.29, 0.717) is 6.61 Å². The lowest BCUT2D eigenvalue weighted by Crippen LogP contribution is -1.90. The Bertz CT molecular complexity index is 253. The summed E-state index contributed by atoms with van der Waals surface area (Å²) in [5.74, 6) is 0.893. The monoisotopic (exact) mass is 164 g/mol. The first-order chi connectivity index (χ1) is 5.95. The molecule has 1 heterocycles. The first-order valence-electron chi connectivity index (χ1n) is 4.23. The number of furan rings is 1. The average molecular weight is 164 g/mol. The van der Waals surface area contributed by atoms with Crippen LogP contribution in [-0.2, 0) is 11.3 Å². The minimum absolute atomic E-state index is 0.580. The van der Waals surface area contributed by atoms with Crippen molar-refractivity contribution in [1.82, 2.24) is 0 Å². The Hall–Kier alpha value is -1.02. The molecule has 2 heteroatoms. The highest BCUT2D eigenvalue weighted by atomic mass is 16.5. The van der Waals surface area contributed by atoms with Crippen LogP contribution in [0.5, 0.6) is 0 Å². The van der Waals surface area contributed by atoms with Crippen molar-refractivity contribution in [3.8, 4) is 0 Å². The fraction of sp³-hybridized carbons (Fsp3) is 0.400. The zero-order valence-corrected chi connectivity index (χ0v) is 6.95. The van der Waals surface area contributed by atoms with Crippen LogP contribution in [0.1, 0.15) is 18.6 Å². The van der Waals surface area contributed by atoms with Crippen LogP contribution in [0.4, 0.5) is 0 Å². The highest BCUT2D eigenvalue weighted by molar-refractivity contribution is 5.16. The number of ether oxygens (including phenoxy) is 1. The SMILES string of the molecule is C(COCc1ccco1)=C1CC1. The van der Waals surface area contributed by atoms with E-state index < -0.39 is 0 Å². The maximum atomic E-state index is 5.36. The summed E-state index contributed by atoms with van der Waals surface area (Å²) in [5, 5.41) is 0. The first-order valence-corrected chi connectivity index (χ1v) is 4.23. The molecule has 0 radical (unpaired) electrons. The summed E-state index contributed by atoms with van der Waals surface area (Å²) in [7, 11) is 0. The van der Waals surface area contributed by atoms with Crippen molar-refractivity contribution in [1.29, 1.82) is 0 Å². The molecule has 64 valence electrons. The smallest absolute Gasteiger partial charge is 0.129 e. The Balaban J connectivity index is 1.65. The van der Waals surface area contributed by atoms with Gasteiger partial charge in [-0.15, -0.1) is 0 Å². The number of hydrogen-bond acceptors (Lipinski definition) is 2. The molecule has 0 bridgehead atoms. The van der Waals surface area contributed by atoms with Crippen LogP contribution < -0.4 is 0 Å². The summed E-state index contributed by atoms with van der Waals surface area (Å²) in [6.07, 6.45) is 6.36. The Kier molecular flexibility index (Phi) is 2.28. The second-order valence-electron chi connectivity index (χ2n) is 2.96. The maximum Gasteiger partial charge on any atom is 0.129 e. The van der Waals surface area contributed by atoms with Crippen molar-refractivity contribution in [3.05, 3.63) is 35.8 Å². The lowest BCUT2D eigenvalue weighted by molar-refractivity contribution is 0.131. The summed E-state index contributed by atoms with van der Waals surface area (Å²) in [4.78, 5) is 0. The van der Waals surface area contributed by atoms with Crippen LogP contribution >= 0.6 is 0 Å². The average Bonchev–Trinajstić information content (AvgIpc) is 2.76. The molecule has 2 rings (SSSR count). The van der Waals surface area contributed by atoms with Gasteiger partial charge >= 0.3 is 0 Å². The van der Waals surface area contributed by atoms with Gasteiger partial charge in [-0.05, 0) is 25.0 Å². The highest BCUT2D eigenvalue weighted by Gasteiger charge is 2.09. The quantitative estimate of drug-likeness (QED) is 0.504. The lowest BCUT2D eigenvalue weighted by Gasteiger charge is -1.95. The van der Waals surface area contributed by atoms with Crippen molar-refractivity contribution in [2.75, 3.05) is 6.61 Å². The second-order valence-corrected chi connectivity index (χ2v) is 2.96. The van der Waals surface area contributed by atoms with E-state index in [1.54, 1.807) is 6.26 Å². The summed E-state index contributed by atoms with van der Waals surface area (Å²) in [6.45, 7) is 1.30. The van der Waals surface area contributed by atoms with Gasteiger partial charge in [0.2, 0.25) is 0 Å². The van der Waals surface area contributed by atoms with Gasteiger partial charge in [-0.2, -0.15) is 0 Å². The van der Waals surface area contributed by atoms with Gasteiger partial charge in [0, 0.05) is 0 Å². The normalized spacial score (nSPS) is 14.8. The third kappa shape index (κ3) is 2.24. The van der Waals surface area contributed by atoms with E-state index in [2.05, 4.69) is 6.08 Å². The zero-order chi connectivity index (χ0) is 8.23. The fourth-order valence-corrected chi connectivity index (χ4v) is 1.01. The van der Waals surface area contributed by atoms with Gasteiger partial charge in [-0.3, -0.25) is 0 Å². The van der Waals surface area contributed by atoms with E-state index in [1.807, 2.05) is 12.1 Å². The van der Waals surface area contributed by atoms with E-state index >= 15 is 0 Å². The number of hydrogen-bond donors (Lipinski definition) is 0. The topological polar surface area (TPSA) is 22.4 Å². The Morgan fingerprint density at radius 2 is 2.42 bits per heavy atom. The zero-order valence-electron chi connectivity index (χ0n) is 6.95. The molecule has 1 aromatic rings. The van der Waals surface area contributed by atoms with Crippen LogP contribution in [-0.4, -0.2) is 6.61 Å². The molecule has 1 saturated carbocycles. The Morgan fingerprint density at radius 1 is 1.50 bits per heavy atom. The minimum atomic E-state index is 0.580. The lowest BCUT2D eigenvalue weighted by atomic mass is 10.5. The molecule has 0 spiro atoms. The van der Waals surface area contributed by atoms with Crippen LogP contribution in [0.25, 0.3) is 0 Å². The minimum Gasteiger partial charge on any atom is -0.467 e. The predicted molar refractivity (Wildman–Crippen MR) is 45.7 cm³/mol.